The summed E-state index contributed by atoms with van der Waals surface area (Å²) in [7, 11) is 2.96. The number of rotatable bonds is 8. The average molecular weight is 559 g/mol. The second-order valence-electron chi connectivity index (χ2n) is 9.67. The first-order chi connectivity index (χ1) is 19.8. The van der Waals surface area contributed by atoms with Crippen LogP contribution in [-0.4, -0.2) is 52.7 Å². The van der Waals surface area contributed by atoms with E-state index in [1.54, 1.807) is 36.5 Å². The van der Waals surface area contributed by atoms with Crippen LogP contribution in [0.1, 0.15) is 52.8 Å². The van der Waals surface area contributed by atoms with E-state index in [2.05, 4.69) is 20.3 Å². The molecule has 6 N–H and O–H groups in total. The summed E-state index contributed by atoms with van der Waals surface area (Å²) in [5, 5.41) is 13.0. The monoisotopic (exact) mass is 558 g/mol. The first-order valence-corrected chi connectivity index (χ1v) is 13.3. The molecule has 11 heteroatoms. The molecule has 1 aliphatic rings. The molecular formula is C30H34N6O5. The normalized spacial score (nSPS) is 13.1. The predicted molar refractivity (Wildman–Crippen MR) is 157 cm³/mol. The Morgan fingerprint density at radius 1 is 1.02 bits per heavy atom. The van der Waals surface area contributed by atoms with E-state index in [-0.39, 0.29) is 17.1 Å². The molecule has 4 aromatic rings. The molecule has 5 rings (SSSR count). The molecule has 0 saturated heterocycles. The minimum absolute atomic E-state index is 0.105. The third-order valence-corrected chi connectivity index (χ3v) is 6.99. The molecule has 11 nitrogen and oxygen atoms in total. The Bertz CT molecular complexity index is 1540. The summed E-state index contributed by atoms with van der Waals surface area (Å²) in [4.78, 5) is 36.1. The Hall–Kier alpha value is -4.77. The molecule has 0 unspecified atom stereocenters. The van der Waals surface area contributed by atoms with Gasteiger partial charge in [0, 0.05) is 23.5 Å². The van der Waals surface area contributed by atoms with Gasteiger partial charge >= 0.3 is 12.0 Å². The van der Waals surface area contributed by atoms with Crippen LogP contribution in [0.3, 0.4) is 0 Å². The molecule has 1 fully saturated rings. The van der Waals surface area contributed by atoms with E-state index in [0.29, 0.717) is 33.7 Å². The number of hydrogen-bond donors (Lipinski definition) is 4. The van der Waals surface area contributed by atoms with Gasteiger partial charge in [-0.2, -0.15) is 4.98 Å². The smallest absolute Gasteiger partial charge is 0.335 e. The van der Waals surface area contributed by atoms with Crippen molar-refractivity contribution in [3.05, 3.63) is 66.0 Å². The minimum atomic E-state index is -1.06. The largest absolute Gasteiger partial charge is 0.480 e. The van der Waals surface area contributed by atoms with Gasteiger partial charge in [-0.05, 0) is 55.1 Å². The Balaban J connectivity index is 0.000000417. The number of amides is 1. The minimum Gasteiger partial charge on any atom is -0.480 e. The number of pyridine rings is 1. The molecule has 2 aromatic carbocycles. The Kier molecular flexibility index (Phi) is 9.64. The van der Waals surface area contributed by atoms with Gasteiger partial charge in [-0.3, -0.25) is 9.78 Å². The summed E-state index contributed by atoms with van der Waals surface area (Å²) in [6.07, 6.45) is 10.0. The summed E-state index contributed by atoms with van der Waals surface area (Å²) >= 11 is 0. The molecule has 0 atom stereocenters. The van der Waals surface area contributed by atoms with Crippen molar-refractivity contribution in [1.29, 1.82) is 0 Å². The first-order valence-electron chi connectivity index (χ1n) is 13.3. The van der Waals surface area contributed by atoms with Gasteiger partial charge in [0.25, 0.3) is 5.91 Å². The lowest BCUT2D eigenvalue weighted by atomic mass is 9.90. The molecule has 41 heavy (non-hydrogen) atoms. The van der Waals surface area contributed by atoms with Gasteiger partial charge in [0.05, 0.1) is 42.1 Å². The van der Waals surface area contributed by atoms with Crippen LogP contribution >= 0.6 is 0 Å². The van der Waals surface area contributed by atoms with Gasteiger partial charge in [-0.1, -0.05) is 37.5 Å². The van der Waals surface area contributed by atoms with Crippen molar-refractivity contribution in [1.82, 2.24) is 15.0 Å². The fraction of sp³-hybridized carbons (Fsp3) is 0.300. The van der Waals surface area contributed by atoms with Gasteiger partial charge < -0.3 is 31.4 Å². The Labute approximate surface area is 237 Å². The summed E-state index contributed by atoms with van der Waals surface area (Å²) in [5.41, 5.74) is 14.2. The molecule has 0 radical (unpaired) electrons. The van der Waals surface area contributed by atoms with Crippen LogP contribution in [-0.2, 0) is 0 Å². The number of hydrogen-bond acceptors (Lipinski definition) is 9. The number of carboxylic acid groups (broad SMARTS) is 1. The fourth-order valence-corrected chi connectivity index (χ4v) is 4.78. The van der Waals surface area contributed by atoms with Crippen molar-refractivity contribution < 1.29 is 24.2 Å². The van der Waals surface area contributed by atoms with Crippen LogP contribution in [0.5, 0.6) is 11.9 Å². The molecule has 2 aromatic heterocycles. The van der Waals surface area contributed by atoms with E-state index in [9.17, 15) is 14.7 Å². The summed E-state index contributed by atoms with van der Waals surface area (Å²) in [6, 6.07) is 11.8. The highest BCUT2D eigenvalue weighted by Crippen LogP contribution is 2.34. The molecule has 1 aliphatic carbocycles. The number of nitrogens with two attached hydrogens (primary N) is 2. The standard InChI is InChI=1S/C23H19N5O5.C7H15N/c1-32-21-16(10-26-23(28-21)33-2)12-6-7-15-18(9-12)25-11-17(20(24)29)19(15)27-14-5-3-4-13(8-14)22(30)31;8-6-7-4-2-1-3-5-7/h3-11H,1-2H3,(H2,24,29)(H,25,27)(H,30,31);7H,1-6,8H2. The third-order valence-electron chi connectivity index (χ3n) is 6.99. The number of ether oxygens (including phenoxy) is 2. The molecular weight excluding hydrogens is 524 g/mol. The highest BCUT2D eigenvalue weighted by molar-refractivity contribution is 6.08. The number of nitrogens with zero attached hydrogens (tertiary/aromatic N) is 3. The number of aromatic carboxylic acids is 1. The number of primary amides is 1. The van der Waals surface area contributed by atoms with Crippen LogP contribution in [0.2, 0.25) is 0 Å². The maximum atomic E-state index is 12.1. The van der Waals surface area contributed by atoms with Crippen molar-refractivity contribution >= 4 is 34.2 Å². The summed E-state index contributed by atoms with van der Waals surface area (Å²) in [5.74, 6) is -0.535. The number of benzene rings is 2. The van der Waals surface area contributed by atoms with Crippen LogP contribution in [0.25, 0.3) is 22.0 Å². The highest BCUT2D eigenvalue weighted by Gasteiger charge is 2.17. The third kappa shape index (κ3) is 7.06. The van der Waals surface area contributed by atoms with E-state index in [4.69, 9.17) is 20.9 Å². The zero-order valence-corrected chi connectivity index (χ0v) is 23.1. The average Bonchev–Trinajstić information content (AvgIpc) is 3.01. The number of nitrogens with one attached hydrogen (secondary N) is 1. The lowest BCUT2D eigenvalue weighted by Crippen LogP contribution is -2.16. The zero-order valence-electron chi connectivity index (χ0n) is 23.1. The molecule has 214 valence electrons. The van der Waals surface area contributed by atoms with Gasteiger partial charge in [-0.15, -0.1) is 0 Å². The van der Waals surface area contributed by atoms with E-state index < -0.39 is 11.9 Å². The topological polar surface area (TPSA) is 176 Å². The van der Waals surface area contributed by atoms with E-state index in [0.717, 1.165) is 18.0 Å². The molecule has 0 aliphatic heterocycles. The van der Waals surface area contributed by atoms with Gasteiger partial charge in [0.15, 0.2) is 0 Å². The van der Waals surface area contributed by atoms with Crippen LogP contribution in [0, 0.1) is 5.92 Å². The first kappa shape index (κ1) is 29.2. The van der Waals surface area contributed by atoms with Crippen molar-refractivity contribution in [3.8, 4) is 23.0 Å². The quantitative estimate of drug-likeness (QED) is 0.235. The van der Waals surface area contributed by atoms with E-state index >= 15 is 0 Å². The SMILES string of the molecule is COc1ncc(-c2ccc3c(Nc4cccc(C(=O)O)c4)c(C(N)=O)cnc3c2)c(OC)n1.NCC1CCCCC1. The second-order valence-corrected chi connectivity index (χ2v) is 9.67. The maximum Gasteiger partial charge on any atom is 0.335 e. The number of carbonyl (C=O) groups is 2. The zero-order chi connectivity index (χ0) is 29.4. The Morgan fingerprint density at radius 3 is 2.44 bits per heavy atom. The molecule has 0 bridgehead atoms. The predicted octanol–water partition coefficient (Wildman–Crippen LogP) is 4.78. The number of carboxylic acids is 1. The second kappa shape index (κ2) is 13.5. The van der Waals surface area contributed by atoms with Crippen molar-refractivity contribution in [2.45, 2.75) is 32.1 Å². The van der Waals surface area contributed by atoms with Gasteiger partial charge in [0.1, 0.15) is 0 Å². The van der Waals surface area contributed by atoms with Gasteiger partial charge in [0.2, 0.25) is 5.88 Å². The number of carbonyl (C=O) groups excluding carboxylic acids is 1. The van der Waals surface area contributed by atoms with E-state index in [1.165, 1.54) is 64.7 Å². The van der Waals surface area contributed by atoms with Crippen LogP contribution in [0.4, 0.5) is 11.4 Å². The Morgan fingerprint density at radius 2 is 1.80 bits per heavy atom. The van der Waals surface area contributed by atoms with Crippen molar-refractivity contribution in [2.24, 2.45) is 17.4 Å². The van der Waals surface area contributed by atoms with Crippen molar-refractivity contribution in [2.75, 3.05) is 26.1 Å². The number of aromatic nitrogens is 3. The molecule has 1 amide bonds. The van der Waals surface area contributed by atoms with E-state index in [1.807, 2.05) is 0 Å². The van der Waals surface area contributed by atoms with Gasteiger partial charge in [-0.25, -0.2) is 9.78 Å². The lowest BCUT2D eigenvalue weighted by molar-refractivity contribution is 0.0696. The summed E-state index contributed by atoms with van der Waals surface area (Å²) in [6.45, 7) is 0.917. The molecule has 0 spiro atoms. The van der Waals surface area contributed by atoms with Crippen LogP contribution in [0.15, 0.2) is 54.9 Å². The summed E-state index contributed by atoms with van der Waals surface area (Å²) < 4.78 is 10.4. The van der Waals surface area contributed by atoms with Crippen LogP contribution < -0.4 is 26.3 Å². The number of anilines is 2. The number of fused-ring (bicyclic) bond motifs is 1. The van der Waals surface area contributed by atoms with Crippen molar-refractivity contribution in [3.63, 3.8) is 0 Å². The fourth-order valence-electron chi connectivity index (χ4n) is 4.78. The lowest BCUT2D eigenvalue weighted by Gasteiger charge is -2.18. The molecule has 2 heterocycles. The highest BCUT2D eigenvalue weighted by atomic mass is 16.5. The molecule has 1 saturated carbocycles. The maximum absolute atomic E-state index is 12.1. The number of methoxy groups -OCH3 is 2.